The van der Waals surface area contributed by atoms with E-state index in [1.807, 2.05) is 11.0 Å². The highest BCUT2D eigenvalue weighted by Crippen LogP contribution is 2.31. The van der Waals surface area contributed by atoms with Crippen molar-refractivity contribution < 1.29 is 13.9 Å². The second-order valence-electron chi connectivity index (χ2n) is 7.53. The minimum atomic E-state index is -0.286. The minimum absolute atomic E-state index is 0.207. The van der Waals surface area contributed by atoms with Crippen molar-refractivity contribution in [1.82, 2.24) is 14.9 Å². The molecule has 0 spiro atoms. The molecule has 3 heterocycles. The number of benzene rings is 1. The molecule has 2 N–H and O–H groups in total. The lowest BCUT2D eigenvalue weighted by molar-refractivity contribution is 0.105. The molecule has 2 aromatic rings. The van der Waals surface area contributed by atoms with Crippen LogP contribution in [-0.2, 0) is 4.74 Å². The van der Waals surface area contributed by atoms with Crippen LogP contribution in [0.1, 0.15) is 6.92 Å². The second kappa shape index (κ2) is 9.23. The number of hydrogen-bond donors (Lipinski definition) is 1. The molecular formula is C21H28FN7O2. The molecule has 9 nitrogen and oxygen atoms in total. The highest BCUT2D eigenvalue weighted by atomic mass is 19.1. The first-order valence-electron chi connectivity index (χ1n) is 10.6. The van der Waals surface area contributed by atoms with Crippen LogP contribution < -0.4 is 20.4 Å². The van der Waals surface area contributed by atoms with E-state index >= 15 is 0 Å². The third-order valence-electron chi connectivity index (χ3n) is 5.72. The molecule has 31 heavy (non-hydrogen) atoms. The van der Waals surface area contributed by atoms with Gasteiger partial charge in [0.2, 0.25) is 0 Å². The van der Waals surface area contributed by atoms with E-state index in [9.17, 15) is 9.18 Å². The van der Waals surface area contributed by atoms with Gasteiger partial charge in [0.25, 0.3) is 0 Å². The summed E-state index contributed by atoms with van der Waals surface area (Å²) in [6.07, 6.45) is 1.24. The topological polar surface area (TPSA) is 91.1 Å². The average molecular weight is 430 g/mol. The summed E-state index contributed by atoms with van der Waals surface area (Å²) in [5.74, 6) is 1.18. The van der Waals surface area contributed by atoms with Crippen molar-refractivity contribution in [2.45, 2.75) is 6.92 Å². The Labute approximate surface area is 181 Å². The first-order chi connectivity index (χ1) is 15.1. The molecule has 0 atom stereocenters. The maximum Gasteiger partial charge on any atom is 0.409 e. The van der Waals surface area contributed by atoms with Gasteiger partial charge in [0, 0.05) is 52.4 Å². The number of amides is 1. The summed E-state index contributed by atoms with van der Waals surface area (Å²) in [4.78, 5) is 28.7. The Morgan fingerprint density at radius 2 is 1.52 bits per heavy atom. The molecule has 10 heteroatoms. The van der Waals surface area contributed by atoms with Crippen LogP contribution in [0.3, 0.4) is 0 Å². The van der Waals surface area contributed by atoms with E-state index in [-0.39, 0.29) is 11.9 Å². The molecule has 0 aliphatic carbocycles. The van der Waals surface area contributed by atoms with Crippen LogP contribution in [0.2, 0.25) is 0 Å². The molecule has 4 rings (SSSR count). The van der Waals surface area contributed by atoms with Crippen LogP contribution >= 0.6 is 0 Å². The van der Waals surface area contributed by atoms with E-state index in [4.69, 9.17) is 10.5 Å². The van der Waals surface area contributed by atoms with Gasteiger partial charge < -0.3 is 30.1 Å². The number of rotatable bonds is 4. The summed E-state index contributed by atoms with van der Waals surface area (Å²) < 4.78 is 19.2. The lowest BCUT2D eigenvalue weighted by Crippen LogP contribution is -2.49. The average Bonchev–Trinajstić information content (AvgIpc) is 2.80. The van der Waals surface area contributed by atoms with Crippen LogP contribution in [0.4, 0.5) is 32.2 Å². The molecule has 0 radical (unpaired) electrons. The summed E-state index contributed by atoms with van der Waals surface area (Å²) in [5.41, 5.74) is 7.63. The quantitative estimate of drug-likeness (QED) is 0.787. The number of carbonyl (C=O) groups excluding carboxylic acids is 1. The van der Waals surface area contributed by atoms with Gasteiger partial charge in [-0.15, -0.1) is 0 Å². The molecule has 2 aliphatic heterocycles. The number of anilines is 4. The Hall–Kier alpha value is -3.30. The first-order valence-corrected chi connectivity index (χ1v) is 10.6. The van der Waals surface area contributed by atoms with Crippen molar-refractivity contribution in [3.05, 3.63) is 36.4 Å². The van der Waals surface area contributed by atoms with Gasteiger partial charge in [0.05, 0.1) is 12.3 Å². The van der Waals surface area contributed by atoms with E-state index in [0.717, 1.165) is 0 Å². The number of para-hydroxylation sites is 1. The number of halogens is 1. The molecule has 166 valence electrons. The lowest BCUT2D eigenvalue weighted by atomic mass is 10.2. The SMILES string of the molecule is CCOC(=O)N1CCN(c2ncnc(N3CCN(c4ccccc4F)CC3)c2N)CC1. The predicted octanol–water partition coefficient (Wildman–Crippen LogP) is 1.80. The molecule has 0 unspecified atom stereocenters. The van der Waals surface area contributed by atoms with Gasteiger partial charge in [-0.2, -0.15) is 0 Å². The molecule has 2 fully saturated rings. The highest BCUT2D eigenvalue weighted by molar-refractivity contribution is 5.76. The van der Waals surface area contributed by atoms with Crippen molar-refractivity contribution in [1.29, 1.82) is 0 Å². The fraction of sp³-hybridized carbons (Fsp3) is 0.476. The fourth-order valence-electron chi connectivity index (χ4n) is 4.06. The van der Waals surface area contributed by atoms with E-state index in [0.29, 0.717) is 82.0 Å². The third-order valence-corrected chi connectivity index (χ3v) is 5.72. The number of ether oxygens (including phenoxy) is 1. The Balaban J connectivity index is 1.41. The number of nitrogen functional groups attached to an aromatic ring is 1. The monoisotopic (exact) mass is 429 g/mol. The van der Waals surface area contributed by atoms with E-state index in [1.165, 1.54) is 12.4 Å². The molecular weight excluding hydrogens is 401 g/mol. The number of carbonyl (C=O) groups is 1. The molecule has 2 aliphatic rings. The van der Waals surface area contributed by atoms with Gasteiger partial charge in [-0.1, -0.05) is 12.1 Å². The van der Waals surface area contributed by atoms with Crippen LogP contribution in [-0.4, -0.2) is 79.9 Å². The summed E-state index contributed by atoms with van der Waals surface area (Å²) in [6.45, 7) is 7.25. The Kier molecular flexibility index (Phi) is 6.24. The highest BCUT2D eigenvalue weighted by Gasteiger charge is 2.27. The summed E-state index contributed by atoms with van der Waals surface area (Å²) in [6, 6.07) is 6.84. The van der Waals surface area contributed by atoms with Crippen molar-refractivity contribution >= 4 is 29.1 Å². The zero-order chi connectivity index (χ0) is 21.8. The Morgan fingerprint density at radius 1 is 0.968 bits per heavy atom. The van der Waals surface area contributed by atoms with Gasteiger partial charge in [-0.05, 0) is 19.1 Å². The fourth-order valence-corrected chi connectivity index (χ4v) is 4.06. The maximum absolute atomic E-state index is 14.1. The van der Waals surface area contributed by atoms with Gasteiger partial charge in [0.15, 0.2) is 11.6 Å². The van der Waals surface area contributed by atoms with Crippen LogP contribution in [0.25, 0.3) is 0 Å². The minimum Gasteiger partial charge on any atom is -0.450 e. The standard InChI is InChI=1S/C21H28FN7O2/c1-2-31-21(30)29-13-11-28(12-14-29)20-18(23)19(24-15-25-20)27-9-7-26(8-10-27)17-6-4-3-5-16(17)22/h3-6,15H,2,7-14,23H2,1H3. The Bertz CT molecular complexity index is 912. The van der Waals surface area contributed by atoms with E-state index in [1.54, 1.807) is 24.0 Å². The molecule has 1 amide bonds. The van der Waals surface area contributed by atoms with Crippen LogP contribution in [0, 0.1) is 5.82 Å². The summed E-state index contributed by atoms with van der Waals surface area (Å²) in [5, 5.41) is 0. The molecule has 0 bridgehead atoms. The van der Waals surface area contributed by atoms with Gasteiger partial charge in [-0.3, -0.25) is 0 Å². The second-order valence-corrected chi connectivity index (χ2v) is 7.53. The van der Waals surface area contributed by atoms with Gasteiger partial charge in [0.1, 0.15) is 17.8 Å². The Morgan fingerprint density at radius 3 is 2.10 bits per heavy atom. The van der Waals surface area contributed by atoms with Crippen molar-refractivity contribution in [2.24, 2.45) is 0 Å². The number of nitrogens with two attached hydrogens (primary N) is 1. The molecule has 2 saturated heterocycles. The van der Waals surface area contributed by atoms with Gasteiger partial charge in [-0.25, -0.2) is 19.2 Å². The number of aromatic nitrogens is 2. The number of nitrogens with zero attached hydrogens (tertiary/aromatic N) is 6. The first kappa shape index (κ1) is 21.0. The normalized spacial score (nSPS) is 17.1. The maximum atomic E-state index is 14.1. The van der Waals surface area contributed by atoms with Crippen LogP contribution in [0.15, 0.2) is 30.6 Å². The summed E-state index contributed by atoms with van der Waals surface area (Å²) >= 11 is 0. The van der Waals surface area contributed by atoms with Crippen molar-refractivity contribution in [2.75, 3.05) is 79.4 Å². The largest absolute Gasteiger partial charge is 0.450 e. The van der Waals surface area contributed by atoms with E-state index in [2.05, 4.69) is 19.8 Å². The smallest absolute Gasteiger partial charge is 0.409 e. The van der Waals surface area contributed by atoms with E-state index < -0.39 is 0 Å². The van der Waals surface area contributed by atoms with Crippen molar-refractivity contribution in [3.8, 4) is 0 Å². The number of hydrogen-bond acceptors (Lipinski definition) is 8. The summed E-state index contributed by atoms with van der Waals surface area (Å²) in [7, 11) is 0. The third kappa shape index (κ3) is 4.42. The molecule has 1 aromatic heterocycles. The van der Waals surface area contributed by atoms with Crippen LogP contribution in [0.5, 0.6) is 0 Å². The number of piperazine rings is 2. The van der Waals surface area contributed by atoms with Crippen molar-refractivity contribution in [3.63, 3.8) is 0 Å². The lowest BCUT2D eigenvalue weighted by Gasteiger charge is -2.38. The zero-order valence-corrected chi connectivity index (χ0v) is 17.7. The zero-order valence-electron chi connectivity index (χ0n) is 17.7. The van der Waals surface area contributed by atoms with Gasteiger partial charge >= 0.3 is 6.09 Å². The molecule has 1 aromatic carbocycles. The molecule has 0 saturated carbocycles. The predicted molar refractivity (Wildman–Crippen MR) is 118 cm³/mol.